The molecule has 0 aromatic carbocycles. The molecule has 0 saturated carbocycles. The van der Waals surface area contributed by atoms with Crippen LogP contribution in [0.1, 0.15) is 77.6 Å². The van der Waals surface area contributed by atoms with Crippen molar-refractivity contribution in [3.8, 4) is 0 Å². The topological polar surface area (TPSA) is 114 Å². The van der Waals surface area contributed by atoms with E-state index in [0.717, 1.165) is 19.3 Å². The minimum Gasteiger partial charge on any atom is -0.726 e. The van der Waals surface area contributed by atoms with Crippen LogP contribution in [0.4, 0.5) is 0 Å². The Morgan fingerprint density at radius 3 is 1.90 bits per heavy atom. The average molecular weight is 448 g/mol. The molecule has 0 atom stereocenters. The Kier molecular flexibility index (Phi) is 24.9. The summed E-state index contributed by atoms with van der Waals surface area (Å²) in [4.78, 5) is 11.7. The standard InChI is InChI=1S/C19H39NO7S.Na/c1-2-3-4-5-6-7-8-9-10-12-19(21)20-13-11-14-25-15-16-26-17-18-27-28(22,23)24;/h2-18H2,1H3,(H,20,21)(H,22,23,24);/q;+1/p-1. The first-order valence-electron chi connectivity index (χ1n) is 10.5. The minimum atomic E-state index is -4.65. The smallest absolute Gasteiger partial charge is 0.726 e. The fourth-order valence-corrected chi connectivity index (χ4v) is 2.88. The Bertz CT molecular complexity index is 463. The van der Waals surface area contributed by atoms with Gasteiger partial charge in [0, 0.05) is 19.6 Å². The van der Waals surface area contributed by atoms with E-state index in [1.165, 1.54) is 44.9 Å². The molecule has 8 nitrogen and oxygen atoms in total. The number of nitrogens with one attached hydrogen (secondary N) is 1. The van der Waals surface area contributed by atoms with E-state index in [0.29, 0.717) is 26.2 Å². The molecule has 10 heteroatoms. The molecule has 0 aliphatic heterocycles. The van der Waals surface area contributed by atoms with Gasteiger partial charge in [0.1, 0.15) is 0 Å². The van der Waals surface area contributed by atoms with E-state index in [4.69, 9.17) is 9.47 Å². The normalized spacial score (nSPS) is 11.2. The van der Waals surface area contributed by atoms with Gasteiger partial charge in [-0.05, 0) is 12.8 Å². The fraction of sp³-hybridized carbons (Fsp3) is 0.947. The number of rotatable bonds is 21. The zero-order valence-corrected chi connectivity index (χ0v) is 21.1. The molecular weight excluding hydrogens is 409 g/mol. The van der Waals surface area contributed by atoms with E-state index in [1.54, 1.807) is 0 Å². The maximum absolute atomic E-state index is 11.7. The molecule has 1 N–H and O–H groups in total. The first-order chi connectivity index (χ1) is 13.5. The molecule has 0 rings (SSSR count). The molecular formula is C19H38NNaO7S. The molecule has 168 valence electrons. The van der Waals surface area contributed by atoms with Gasteiger partial charge in [0.05, 0.1) is 26.4 Å². The molecule has 0 fully saturated rings. The van der Waals surface area contributed by atoms with E-state index in [9.17, 15) is 17.8 Å². The average Bonchev–Trinajstić information content (AvgIpc) is 2.64. The molecule has 29 heavy (non-hydrogen) atoms. The number of ether oxygens (including phenoxy) is 2. The summed E-state index contributed by atoms with van der Waals surface area (Å²) < 4.78 is 44.9. The van der Waals surface area contributed by atoms with E-state index < -0.39 is 10.4 Å². The van der Waals surface area contributed by atoms with Crippen molar-refractivity contribution in [2.75, 3.05) is 39.6 Å². The van der Waals surface area contributed by atoms with Gasteiger partial charge in [-0.2, -0.15) is 0 Å². The van der Waals surface area contributed by atoms with Gasteiger partial charge < -0.3 is 19.3 Å². The van der Waals surface area contributed by atoms with E-state index in [2.05, 4.69) is 16.4 Å². The van der Waals surface area contributed by atoms with E-state index in [-0.39, 0.29) is 55.3 Å². The Morgan fingerprint density at radius 2 is 1.31 bits per heavy atom. The largest absolute Gasteiger partial charge is 1.00 e. The third kappa shape index (κ3) is 28.3. The van der Waals surface area contributed by atoms with Crippen LogP contribution in [0.25, 0.3) is 0 Å². The third-order valence-corrected chi connectivity index (χ3v) is 4.58. The van der Waals surface area contributed by atoms with Gasteiger partial charge in [-0.15, -0.1) is 0 Å². The maximum atomic E-state index is 11.7. The van der Waals surface area contributed by atoms with Gasteiger partial charge in [0.2, 0.25) is 16.3 Å². The first kappa shape index (κ1) is 31.4. The number of carbonyl (C=O) groups excluding carboxylic acids is 1. The summed E-state index contributed by atoms with van der Waals surface area (Å²) in [7, 11) is -4.65. The number of hydrogen-bond donors (Lipinski definition) is 1. The number of amides is 1. The summed E-state index contributed by atoms with van der Waals surface area (Å²) in [6.07, 6.45) is 12.5. The summed E-state index contributed by atoms with van der Waals surface area (Å²) in [6.45, 7) is 3.68. The van der Waals surface area contributed by atoms with Crippen molar-refractivity contribution in [3.05, 3.63) is 0 Å². The van der Waals surface area contributed by atoms with Gasteiger partial charge in [-0.3, -0.25) is 8.98 Å². The predicted octanol–water partition coefficient (Wildman–Crippen LogP) is -0.0724. The van der Waals surface area contributed by atoms with Gasteiger partial charge in [-0.25, -0.2) is 8.42 Å². The molecule has 0 radical (unpaired) electrons. The molecule has 1 amide bonds. The van der Waals surface area contributed by atoms with Gasteiger partial charge in [0.15, 0.2) is 0 Å². The van der Waals surface area contributed by atoms with Gasteiger partial charge in [0.25, 0.3) is 0 Å². The first-order valence-corrected chi connectivity index (χ1v) is 11.8. The fourth-order valence-electron chi connectivity index (χ4n) is 2.60. The minimum absolute atomic E-state index is 0. The molecule has 0 aliphatic carbocycles. The van der Waals surface area contributed by atoms with Crippen LogP contribution in [0, 0.1) is 0 Å². The molecule has 0 aliphatic rings. The monoisotopic (exact) mass is 447 g/mol. The Hall–Kier alpha value is 0.260. The zero-order chi connectivity index (χ0) is 20.9. The molecule has 0 bridgehead atoms. The van der Waals surface area contributed by atoms with Crippen LogP contribution in [0.15, 0.2) is 0 Å². The summed E-state index contributed by atoms with van der Waals surface area (Å²) in [5, 5.41) is 2.89. The van der Waals surface area contributed by atoms with Crippen LogP contribution in [-0.2, 0) is 28.9 Å². The quantitative estimate of drug-likeness (QED) is 0.113. The molecule has 0 aromatic rings. The van der Waals surface area contributed by atoms with Crippen LogP contribution in [0.2, 0.25) is 0 Å². The third-order valence-electron chi connectivity index (χ3n) is 4.12. The van der Waals surface area contributed by atoms with Crippen LogP contribution in [0.3, 0.4) is 0 Å². The number of unbranched alkanes of at least 4 members (excludes halogenated alkanes) is 8. The predicted molar refractivity (Wildman–Crippen MR) is 107 cm³/mol. The number of carbonyl (C=O) groups is 1. The van der Waals surface area contributed by atoms with Crippen molar-refractivity contribution >= 4 is 16.3 Å². The zero-order valence-electron chi connectivity index (χ0n) is 18.3. The van der Waals surface area contributed by atoms with Crippen LogP contribution >= 0.6 is 0 Å². The Balaban J connectivity index is 0. The van der Waals surface area contributed by atoms with Gasteiger partial charge >= 0.3 is 29.6 Å². The molecule has 0 saturated heterocycles. The summed E-state index contributed by atoms with van der Waals surface area (Å²) in [5.41, 5.74) is 0. The summed E-state index contributed by atoms with van der Waals surface area (Å²) >= 11 is 0. The van der Waals surface area contributed by atoms with Crippen LogP contribution < -0.4 is 34.9 Å². The second kappa shape index (κ2) is 22.9. The number of hydrogen-bond acceptors (Lipinski definition) is 7. The van der Waals surface area contributed by atoms with Crippen LogP contribution in [-0.4, -0.2) is 58.5 Å². The van der Waals surface area contributed by atoms with Crippen molar-refractivity contribution in [2.45, 2.75) is 77.6 Å². The van der Waals surface area contributed by atoms with Crippen molar-refractivity contribution in [3.63, 3.8) is 0 Å². The van der Waals surface area contributed by atoms with Crippen LogP contribution in [0.5, 0.6) is 0 Å². The molecule has 0 aromatic heterocycles. The molecule has 0 spiro atoms. The summed E-state index contributed by atoms with van der Waals surface area (Å²) in [5.74, 6) is 0.0969. The molecule has 0 unspecified atom stereocenters. The van der Waals surface area contributed by atoms with E-state index >= 15 is 0 Å². The van der Waals surface area contributed by atoms with Crippen molar-refractivity contribution in [2.24, 2.45) is 0 Å². The van der Waals surface area contributed by atoms with Crippen molar-refractivity contribution < 1.29 is 61.0 Å². The molecule has 0 heterocycles. The Labute approximate surface area is 199 Å². The van der Waals surface area contributed by atoms with Gasteiger partial charge in [-0.1, -0.05) is 58.3 Å². The summed E-state index contributed by atoms with van der Waals surface area (Å²) in [6, 6.07) is 0. The van der Waals surface area contributed by atoms with Crippen molar-refractivity contribution in [1.82, 2.24) is 5.32 Å². The second-order valence-electron chi connectivity index (χ2n) is 6.74. The maximum Gasteiger partial charge on any atom is 1.00 e. The second-order valence-corrected chi connectivity index (χ2v) is 7.79. The Morgan fingerprint density at radius 1 is 0.793 bits per heavy atom. The SMILES string of the molecule is CCCCCCCCCCCC(=O)NCCCOCCOCCOS(=O)(=O)[O-].[Na+]. The van der Waals surface area contributed by atoms with Crippen molar-refractivity contribution in [1.29, 1.82) is 0 Å². The van der Waals surface area contributed by atoms with E-state index in [1.807, 2.05) is 0 Å².